The topological polar surface area (TPSA) is 61.6 Å². The highest BCUT2D eigenvalue weighted by Crippen LogP contribution is 2.24. The monoisotopic (exact) mass is 321 g/mol. The van der Waals surface area contributed by atoms with E-state index in [1.54, 1.807) is 7.11 Å². The minimum atomic E-state index is 0.105. The molecule has 1 unspecified atom stereocenters. The fraction of sp³-hybridized carbons (Fsp3) is 0.632. The van der Waals surface area contributed by atoms with Crippen LogP contribution in [0.3, 0.4) is 0 Å². The van der Waals surface area contributed by atoms with Crippen LogP contribution in [0.1, 0.15) is 56.0 Å². The summed E-state index contributed by atoms with van der Waals surface area (Å²) in [6.45, 7) is 7.43. The van der Waals surface area contributed by atoms with Crippen LogP contribution in [0.2, 0.25) is 0 Å². The molecule has 4 heteroatoms. The lowest BCUT2D eigenvalue weighted by atomic mass is 9.95. The number of hydrogen-bond donors (Lipinski definition) is 1. The summed E-state index contributed by atoms with van der Waals surface area (Å²) in [4.78, 5) is 12.3. The first kappa shape index (κ1) is 19.7. The second-order valence-corrected chi connectivity index (χ2v) is 6.31. The summed E-state index contributed by atoms with van der Waals surface area (Å²) in [5.74, 6) is 1.23. The third-order valence-corrected chi connectivity index (χ3v) is 3.90. The molecule has 1 rings (SSSR count). The van der Waals surface area contributed by atoms with Gasteiger partial charge in [-0.25, -0.2) is 0 Å². The van der Waals surface area contributed by atoms with Crippen LogP contribution in [0.25, 0.3) is 0 Å². The number of Topliss-reactive ketones (excluding diaryl/α,β-unsaturated/α-hetero) is 1. The second kappa shape index (κ2) is 10.4. The van der Waals surface area contributed by atoms with Crippen molar-refractivity contribution >= 4 is 5.78 Å². The van der Waals surface area contributed by atoms with Gasteiger partial charge in [-0.15, -0.1) is 0 Å². The minimum absolute atomic E-state index is 0.105. The molecule has 0 saturated carbocycles. The summed E-state index contributed by atoms with van der Waals surface area (Å²) in [7, 11) is 1.67. The van der Waals surface area contributed by atoms with Crippen molar-refractivity contribution in [3.63, 3.8) is 0 Å². The molecule has 1 atom stereocenters. The molecule has 1 aromatic rings. The van der Waals surface area contributed by atoms with E-state index in [4.69, 9.17) is 15.2 Å². The Morgan fingerprint density at radius 1 is 1.26 bits per heavy atom. The standard InChI is InChI=1S/C19H31NO3/c1-5-7-18(21)16-9-8-15(12-17(20)14(2)3)13-19(16)23-11-6-10-22-4/h8-9,13-14,17H,5-7,10-12,20H2,1-4H3. The Kier molecular flexibility index (Phi) is 8.89. The Morgan fingerprint density at radius 3 is 2.61 bits per heavy atom. The average Bonchev–Trinajstić information content (AvgIpc) is 2.52. The van der Waals surface area contributed by atoms with Crippen LogP contribution in [0, 0.1) is 5.92 Å². The van der Waals surface area contributed by atoms with Crippen molar-refractivity contribution in [1.29, 1.82) is 0 Å². The number of hydrogen-bond acceptors (Lipinski definition) is 4. The molecule has 0 fully saturated rings. The minimum Gasteiger partial charge on any atom is -0.493 e. The maximum atomic E-state index is 12.3. The first-order valence-electron chi connectivity index (χ1n) is 8.53. The van der Waals surface area contributed by atoms with E-state index < -0.39 is 0 Å². The third kappa shape index (κ3) is 6.71. The molecule has 0 spiro atoms. The van der Waals surface area contributed by atoms with Crippen molar-refractivity contribution in [3.8, 4) is 5.75 Å². The number of carbonyl (C=O) groups is 1. The first-order valence-corrected chi connectivity index (χ1v) is 8.53. The zero-order valence-corrected chi connectivity index (χ0v) is 14.9. The van der Waals surface area contributed by atoms with E-state index in [2.05, 4.69) is 13.8 Å². The largest absolute Gasteiger partial charge is 0.493 e. The predicted octanol–water partition coefficient (Wildman–Crippen LogP) is 3.61. The molecule has 0 amide bonds. The molecule has 0 saturated heterocycles. The van der Waals surface area contributed by atoms with Crippen LogP contribution in [0.5, 0.6) is 5.75 Å². The first-order chi connectivity index (χ1) is 11.0. The van der Waals surface area contributed by atoms with Gasteiger partial charge in [0.25, 0.3) is 0 Å². The number of benzene rings is 1. The predicted molar refractivity (Wildman–Crippen MR) is 94.2 cm³/mol. The fourth-order valence-electron chi connectivity index (χ4n) is 2.30. The normalized spacial score (nSPS) is 12.4. The number of nitrogens with two attached hydrogens (primary N) is 1. The van der Waals surface area contributed by atoms with Crippen molar-refractivity contribution < 1.29 is 14.3 Å². The molecule has 1 aromatic carbocycles. The SMILES string of the molecule is CCCC(=O)c1ccc(CC(N)C(C)C)cc1OCCCOC. The van der Waals surface area contributed by atoms with Gasteiger partial charge in [0.05, 0.1) is 12.2 Å². The van der Waals surface area contributed by atoms with E-state index in [9.17, 15) is 4.79 Å². The van der Waals surface area contributed by atoms with Gasteiger partial charge in [-0.1, -0.05) is 26.8 Å². The van der Waals surface area contributed by atoms with Crippen molar-refractivity contribution in [2.75, 3.05) is 20.3 Å². The molecule has 0 radical (unpaired) electrons. The molecule has 23 heavy (non-hydrogen) atoms. The van der Waals surface area contributed by atoms with Crippen LogP contribution >= 0.6 is 0 Å². The van der Waals surface area contributed by atoms with Crippen LogP contribution < -0.4 is 10.5 Å². The molecule has 0 aliphatic heterocycles. The van der Waals surface area contributed by atoms with Crippen LogP contribution in [-0.2, 0) is 11.2 Å². The van der Waals surface area contributed by atoms with Gasteiger partial charge in [0.15, 0.2) is 5.78 Å². The molecule has 2 N–H and O–H groups in total. The Balaban J connectivity index is 2.90. The van der Waals surface area contributed by atoms with Gasteiger partial charge in [0.1, 0.15) is 5.75 Å². The number of ketones is 1. The Morgan fingerprint density at radius 2 is 2.00 bits per heavy atom. The smallest absolute Gasteiger partial charge is 0.166 e. The van der Waals surface area contributed by atoms with Crippen molar-refractivity contribution in [1.82, 2.24) is 0 Å². The maximum absolute atomic E-state index is 12.3. The van der Waals surface area contributed by atoms with Gasteiger partial charge in [-0.3, -0.25) is 4.79 Å². The number of carbonyl (C=O) groups excluding carboxylic acids is 1. The van der Waals surface area contributed by atoms with Gasteiger partial charge in [0.2, 0.25) is 0 Å². The van der Waals surface area contributed by atoms with Gasteiger partial charge in [-0.05, 0) is 36.5 Å². The average molecular weight is 321 g/mol. The molecule has 0 heterocycles. The summed E-state index contributed by atoms with van der Waals surface area (Å²) >= 11 is 0. The van der Waals surface area contributed by atoms with Crippen LogP contribution in [0.15, 0.2) is 18.2 Å². The summed E-state index contributed by atoms with van der Waals surface area (Å²) in [6.07, 6.45) is 2.96. The van der Waals surface area contributed by atoms with Crippen molar-refractivity contribution in [2.45, 2.75) is 52.5 Å². The van der Waals surface area contributed by atoms with Gasteiger partial charge >= 0.3 is 0 Å². The van der Waals surface area contributed by atoms with Crippen LogP contribution in [-0.4, -0.2) is 32.1 Å². The van der Waals surface area contributed by atoms with E-state index in [0.717, 1.165) is 24.8 Å². The van der Waals surface area contributed by atoms with Crippen molar-refractivity contribution in [2.24, 2.45) is 11.7 Å². The molecule has 0 aromatic heterocycles. The number of rotatable bonds is 11. The molecule has 130 valence electrons. The number of methoxy groups -OCH3 is 1. The molecular formula is C19H31NO3. The zero-order chi connectivity index (χ0) is 17.2. The maximum Gasteiger partial charge on any atom is 0.166 e. The highest BCUT2D eigenvalue weighted by atomic mass is 16.5. The van der Waals surface area contributed by atoms with Gasteiger partial charge < -0.3 is 15.2 Å². The Hall–Kier alpha value is -1.39. The molecule has 0 aliphatic rings. The zero-order valence-electron chi connectivity index (χ0n) is 14.9. The Bertz CT molecular complexity index is 486. The highest BCUT2D eigenvalue weighted by molar-refractivity contribution is 5.98. The van der Waals surface area contributed by atoms with Gasteiger partial charge in [-0.2, -0.15) is 0 Å². The van der Waals surface area contributed by atoms with E-state index >= 15 is 0 Å². The third-order valence-electron chi connectivity index (χ3n) is 3.90. The fourth-order valence-corrected chi connectivity index (χ4v) is 2.30. The summed E-state index contributed by atoms with van der Waals surface area (Å²) in [6, 6.07) is 5.95. The molecule has 4 nitrogen and oxygen atoms in total. The van der Waals surface area contributed by atoms with Crippen LogP contribution in [0.4, 0.5) is 0 Å². The lowest BCUT2D eigenvalue weighted by molar-refractivity contribution is 0.0977. The lowest BCUT2D eigenvalue weighted by Crippen LogP contribution is -2.28. The molecule has 0 bridgehead atoms. The van der Waals surface area contributed by atoms with E-state index in [-0.39, 0.29) is 11.8 Å². The summed E-state index contributed by atoms with van der Waals surface area (Å²) < 4.78 is 10.9. The lowest BCUT2D eigenvalue weighted by Gasteiger charge is -2.17. The van der Waals surface area contributed by atoms with E-state index in [1.807, 2.05) is 25.1 Å². The second-order valence-electron chi connectivity index (χ2n) is 6.31. The van der Waals surface area contributed by atoms with E-state index in [0.29, 0.717) is 36.9 Å². The number of ether oxygens (including phenoxy) is 2. The Labute approximate surface area is 140 Å². The highest BCUT2D eigenvalue weighted by Gasteiger charge is 2.15. The summed E-state index contributed by atoms with van der Waals surface area (Å²) in [5, 5.41) is 0. The van der Waals surface area contributed by atoms with Crippen molar-refractivity contribution in [3.05, 3.63) is 29.3 Å². The molecular weight excluding hydrogens is 290 g/mol. The summed E-state index contributed by atoms with van der Waals surface area (Å²) in [5.41, 5.74) is 7.94. The molecule has 0 aliphatic carbocycles. The quantitative estimate of drug-likeness (QED) is 0.499. The van der Waals surface area contributed by atoms with Gasteiger partial charge in [0, 0.05) is 32.6 Å². The van der Waals surface area contributed by atoms with E-state index in [1.165, 1.54) is 0 Å².